The quantitative estimate of drug-likeness (QED) is 0.0942. The maximum atomic E-state index is 12.7. The summed E-state index contributed by atoms with van der Waals surface area (Å²) >= 11 is 0.924. The Morgan fingerprint density at radius 3 is 2.55 bits per heavy atom. The number of carboxylic acid groups (broad SMARTS) is 1. The van der Waals surface area contributed by atoms with E-state index in [0.29, 0.717) is 0 Å². The van der Waals surface area contributed by atoms with Gasteiger partial charge in [-0.1, -0.05) is 5.16 Å². The number of anilines is 1. The van der Waals surface area contributed by atoms with Crippen molar-refractivity contribution in [1.82, 2.24) is 15.4 Å². The SMILES string of the molecule is [B]C([B])([B])[C@@]1(C)[C@H](NC(=O)/C(=N\OCC(=O)O)c2csc(N)n2)C(=O)N1OS(=O)(=O)O. The molecule has 1 aromatic rings. The van der Waals surface area contributed by atoms with Crippen molar-refractivity contribution in [3.05, 3.63) is 11.1 Å². The zero-order valence-corrected chi connectivity index (χ0v) is 17.2. The van der Waals surface area contributed by atoms with Crippen molar-refractivity contribution < 1.29 is 41.6 Å². The van der Waals surface area contributed by atoms with Gasteiger partial charge in [0.2, 0.25) is 6.61 Å². The van der Waals surface area contributed by atoms with Gasteiger partial charge in [-0.3, -0.25) is 14.1 Å². The summed E-state index contributed by atoms with van der Waals surface area (Å²) in [5.74, 6) is -3.71. The first-order valence-electron chi connectivity index (χ1n) is 7.89. The number of carbonyl (C=O) groups excluding carboxylic acids is 2. The third kappa shape index (κ3) is 5.17. The van der Waals surface area contributed by atoms with E-state index in [9.17, 15) is 22.8 Å². The minimum absolute atomic E-state index is 0.0379. The highest BCUT2D eigenvalue weighted by molar-refractivity contribution is 7.80. The Kier molecular flexibility index (Phi) is 6.74. The number of hydroxylamine groups is 2. The van der Waals surface area contributed by atoms with Gasteiger partial charge in [0.05, 0.1) is 29.1 Å². The van der Waals surface area contributed by atoms with Crippen LogP contribution in [-0.4, -0.2) is 93.3 Å². The number of hydrogen-bond donors (Lipinski definition) is 4. The van der Waals surface area contributed by atoms with Crippen LogP contribution in [0, 0.1) is 0 Å². The number of nitrogens with two attached hydrogens (primary N) is 1. The first kappa shape index (κ1) is 24.6. The van der Waals surface area contributed by atoms with Crippen molar-refractivity contribution in [3.8, 4) is 0 Å². The van der Waals surface area contributed by atoms with Crippen LogP contribution in [0.5, 0.6) is 0 Å². The number of aromatic nitrogens is 1. The monoisotopic (exact) mass is 467 g/mol. The van der Waals surface area contributed by atoms with Crippen molar-refractivity contribution in [2.24, 2.45) is 5.16 Å². The Balaban J connectivity index is 2.35. The van der Waals surface area contributed by atoms with Crippen LogP contribution in [0.4, 0.5) is 5.13 Å². The van der Waals surface area contributed by atoms with Crippen molar-refractivity contribution in [2.75, 3.05) is 12.3 Å². The number of nitrogens with one attached hydrogen (secondary N) is 1. The zero-order chi connectivity index (χ0) is 23.8. The van der Waals surface area contributed by atoms with E-state index < -0.39 is 57.2 Å². The third-order valence-corrected chi connectivity index (χ3v) is 5.09. The number of carbonyl (C=O) groups is 3. The minimum atomic E-state index is -5.17. The molecule has 1 aromatic heterocycles. The van der Waals surface area contributed by atoms with E-state index in [2.05, 4.69) is 24.6 Å². The lowest BCUT2D eigenvalue weighted by Crippen LogP contribution is -2.82. The van der Waals surface area contributed by atoms with Crippen molar-refractivity contribution in [2.45, 2.75) is 23.6 Å². The first-order chi connectivity index (χ1) is 14.1. The van der Waals surface area contributed by atoms with E-state index in [1.807, 2.05) is 0 Å². The maximum Gasteiger partial charge on any atom is 0.418 e. The number of nitrogens with zero attached hydrogens (tertiary/aromatic N) is 3. The molecule has 0 bridgehead atoms. The van der Waals surface area contributed by atoms with Gasteiger partial charge in [0, 0.05) is 5.38 Å². The van der Waals surface area contributed by atoms with Crippen LogP contribution in [0.3, 0.4) is 0 Å². The first-order valence-corrected chi connectivity index (χ1v) is 10.1. The number of amides is 2. The van der Waals surface area contributed by atoms with Crippen LogP contribution in [0.15, 0.2) is 10.5 Å². The predicted octanol–water partition coefficient (Wildman–Crippen LogP) is -3.07. The molecule has 0 spiro atoms. The second-order valence-corrected chi connectivity index (χ2v) is 8.19. The normalized spacial score (nSPS) is 22.0. The smallest absolute Gasteiger partial charge is 0.418 e. The largest absolute Gasteiger partial charge is 0.479 e. The van der Waals surface area contributed by atoms with E-state index >= 15 is 0 Å². The summed E-state index contributed by atoms with van der Waals surface area (Å²) < 4.78 is 35.1. The fraction of sp³-hybridized carbons (Fsp3) is 0.417. The molecule has 2 rings (SSSR count). The Hall–Kier alpha value is -2.63. The molecule has 19 heteroatoms. The van der Waals surface area contributed by atoms with Crippen LogP contribution in [0.1, 0.15) is 12.6 Å². The molecule has 1 aliphatic rings. The average Bonchev–Trinajstić information content (AvgIpc) is 3.04. The fourth-order valence-electron chi connectivity index (χ4n) is 2.43. The highest BCUT2D eigenvalue weighted by Gasteiger charge is 2.65. The third-order valence-electron chi connectivity index (χ3n) is 4.08. The average molecular weight is 467 g/mol. The van der Waals surface area contributed by atoms with Gasteiger partial charge in [-0.05, 0) is 6.92 Å². The lowest BCUT2D eigenvalue weighted by Gasteiger charge is -2.60. The molecule has 0 unspecified atom stereocenters. The van der Waals surface area contributed by atoms with Gasteiger partial charge in [0.15, 0.2) is 10.8 Å². The molecule has 2 amide bonds. The molecule has 1 aliphatic heterocycles. The highest BCUT2D eigenvalue weighted by atomic mass is 32.3. The number of rotatable bonds is 9. The summed E-state index contributed by atoms with van der Waals surface area (Å²) in [6, 6.07) is -1.66. The van der Waals surface area contributed by atoms with Gasteiger partial charge in [0.1, 0.15) is 11.7 Å². The summed E-state index contributed by atoms with van der Waals surface area (Å²) in [6.07, 6.45) is 0. The molecule has 1 fully saturated rings. The maximum absolute atomic E-state index is 12.7. The van der Waals surface area contributed by atoms with Gasteiger partial charge < -0.3 is 21.0 Å². The number of β-lactam (4-membered cyclic amide) rings is 1. The van der Waals surface area contributed by atoms with E-state index in [1.165, 1.54) is 5.38 Å². The van der Waals surface area contributed by atoms with Crippen LogP contribution >= 0.6 is 11.3 Å². The molecule has 2 heterocycles. The molecule has 2 atom stereocenters. The van der Waals surface area contributed by atoms with Gasteiger partial charge in [-0.2, -0.15) is 13.5 Å². The molecule has 0 saturated carbocycles. The molecule has 0 aliphatic carbocycles. The van der Waals surface area contributed by atoms with Crippen LogP contribution < -0.4 is 11.1 Å². The van der Waals surface area contributed by atoms with Crippen molar-refractivity contribution in [3.63, 3.8) is 0 Å². The molecular weight excluding hydrogens is 455 g/mol. The minimum Gasteiger partial charge on any atom is -0.479 e. The number of nitrogen functional groups attached to an aromatic ring is 1. The molecule has 1 saturated heterocycles. The van der Waals surface area contributed by atoms with Crippen molar-refractivity contribution in [1.29, 1.82) is 0 Å². The Morgan fingerprint density at radius 2 is 2.10 bits per heavy atom. The number of oxime groups is 1. The summed E-state index contributed by atoms with van der Waals surface area (Å²) in [5.41, 5.74) is 2.74. The van der Waals surface area contributed by atoms with Gasteiger partial charge in [-0.25, -0.2) is 9.78 Å². The van der Waals surface area contributed by atoms with Crippen molar-refractivity contribution >= 4 is 73.9 Å². The topological polar surface area (TPSA) is 211 Å². The Labute approximate surface area is 183 Å². The molecule has 5 N–H and O–H groups in total. The van der Waals surface area contributed by atoms with Gasteiger partial charge in [0.25, 0.3) is 11.8 Å². The highest BCUT2D eigenvalue weighted by Crippen LogP contribution is 2.45. The summed E-state index contributed by atoms with van der Waals surface area (Å²) in [7, 11) is 11.7. The molecule has 6 radical (unpaired) electrons. The van der Waals surface area contributed by atoms with E-state index in [0.717, 1.165) is 18.3 Å². The summed E-state index contributed by atoms with van der Waals surface area (Å²) in [6.45, 7) is 0.174. The molecule has 31 heavy (non-hydrogen) atoms. The molecular formula is C12H12B3N5O9S2. The van der Waals surface area contributed by atoms with E-state index in [4.69, 9.17) is 38.9 Å². The zero-order valence-electron chi connectivity index (χ0n) is 15.6. The lowest BCUT2D eigenvalue weighted by molar-refractivity contribution is -0.222. The molecule has 14 nitrogen and oxygen atoms in total. The predicted molar refractivity (Wildman–Crippen MR) is 106 cm³/mol. The number of carboxylic acids is 1. The van der Waals surface area contributed by atoms with Crippen LogP contribution in [-0.2, 0) is 33.9 Å². The molecule has 160 valence electrons. The lowest BCUT2D eigenvalue weighted by atomic mass is 9.33. The standard InChI is InChI=1S/C12H12B3N5O9S2/c1-11(12(13,14)15)7(9(24)20(11)29-31(25,26)27)18-8(23)6(19-28-2-5(21)22)4-3-30-10(16)17-4/h3,7H,2H2,1H3,(H2,16,17)(H,18,23)(H,21,22)(H,25,26,27)/b19-6-/t7-,11-/m1/s1. The second kappa shape index (κ2) is 8.48. The summed E-state index contributed by atoms with van der Waals surface area (Å²) in [5, 5.41) is 13.3. The number of thiazole rings is 1. The fourth-order valence-corrected chi connectivity index (χ4v) is 3.39. The second-order valence-electron chi connectivity index (χ2n) is 6.30. The van der Waals surface area contributed by atoms with Gasteiger partial charge in [-0.15, -0.1) is 20.7 Å². The number of aliphatic carboxylic acids is 1. The Morgan fingerprint density at radius 1 is 1.48 bits per heavy atom. The van der Waals surface area contributed by atoms with Crippen LogP contribution in [0.25, 0.3) is 0 Å². The van der Waals surface area contributed by atoms with Crippen LogP contribution in [0.2, 0.25) is 5.11 Å². The Bertz CT molecular complexity index is 1040. The van der Waals surface area contributed by atoms with E-state index in [-0.39, 0.29) is 15.9 Å². The number of hydrogen-bond acceptors (Lipinski definition) is 11. The van der Waals surface area contributed by atoms with Gasteiger partial charge >= 0.3 is 16.4 Å². The molecule has 0 aromatic carbocycles. The van der Waals surface area contributed by atoms with E-state index in [1.54, 1.807) is 0 Å². The summed E-state index contributed by atoms with van der Waals surface area (Å²) in [4.78, 5) is 44.1.